The van der Waals surface area contributed by atoms with Crippen molar-refractivity contribution in [1.82, 2.24) is 0 Å². The maximum absolute atomic E-state index is 10.7. The Hall–Kier alpha value is -1.81. The van der Waals surface area contributed by atoms with Gasteiger partial charge in [-0.15, -0.1) is 11.3 Å². The number of phenolic OH excluding ortho intramolecular Hbond substituents is 1. The number of rotatable bonds is 2. The molecule has 1 aromatic heterocycles. The summed E-state index contributed by atoms with van der Waals surface area (Å²) < 4.78 is 0. The van der Waals surface area contributed by atoms with Gasteiger partial charge >= 0.3 is 5.97 Å². The summed E-state index contributed by atoms with van der Waals surface area (Å²) >= 11 is 1.20. The molecule has 4 heteroatoms. The van der Waals surface area contributed by atoms with Crippen molar-refractivity contribution in [2.75, 3.05) is 0 Å². The Bertz CT molecular complexity index is 543. The van der Waals surface area contributed by atoms with Crippen LogP contribution < -0.4 is 0 Å². The lowest BCUT2D eigenvalue weighted by Crippen LogP contribution is -1.90. The molecule has 2 rings (SSSR count). The van der Waals surface area contributed by atoms with Gasteiger partial charge in [0, 0.05) is 0 Å². The minimum absolute atomic E-state index is 0.248. The Labute approximate surface area is 96.6 Å². The number of carbonyl (C=O) groups is 1. The maximum atomic E-state index is 10.7. The smallest absolute Gasteiger partial charge is 0.345 e. The number of carboxylic acids is 1. The predicted octanol–water partition coefficient (Wildman–Crippen LogP) is 3.13. The van der Waals surface area contributed by atoms with Crippen LogP contribution in [0.1, 0.15) is 15.2 Å². The van der Waals surface area contributed by atoms with Gasteiger partial charge < -0.3 is 10.2 Å². The molecule has 0 aliphatic heterocycles. The third-order valence-electron chi connectivity index (χ3n) is 2.34. The van der Waals surface area contributed by atoms with Crippen molar-refractivity contribution in [3.05, 3.63) is 40.1 Å². The molecule has 0 bridgehead atoms. The summed E-state index contributed by atoms with van der Waals surface area (Å²) in [5, 5.41) is 20.0. The van der Waals surface area contributed by atoms with Crippen molar-refractivity contribution in [3.63, 3.8) is 0 Å². The van der Waals surface area contributed by atoms with Crippen LogP contribution >= 0.6 is 11.3 Å². The summed E-state index contributed by atoms with van der Waals surface area (Å²) in [6.45, 7) is 1.81. The summed E-state index contributed by atoms with van der Waals surface area (Å²) in [4.78, 5) is 11.1. The van der Waals surface area contributed by atoms with E-state index in [1.165, 1.54) is 11.3 Å². The molecule has 0 saturated heterocycles. The first-order valence-electron chi connectivity index (χ1n) is 4.70. The number of hydrogen-bond acceptors (Lipinski definition) is 3. The van der Waals surface area contributed by atoms with Gasteiger partial charge in [0.05, 0.1) is 0 Å². The van der Waals surface area contributed by atoms with Crippen LogP contribution in [0, 0.1) is 6.92 Å². The lowest BCUT2D eigenvalue weighted by molar-refractivity contribution is 0.0702. The zero-order valence-corrected chi connectivity index (χ0v) is 9.41. The van der Waals surface area contributed by atoms with Crippen LogP contribution in [0.25, 0.3) is 11.1 Å². The van der Waals surface area contributed by atoms with Crippen molar-refractivity contribution in [2.24, 2.45) is 0 Å². The highest BCUT2D eigenvalue weighted by molar-refractivity contribution is 7.12. The van der Waals surface area contributed by atoms with E-state index in [1.807, 2.05) is 13.0 Å². The molecule has 2 aromatic rings. The minimum Gasteiger partial charge on any atom is -0.508 e. The van der Waals surface area contributed by atoms with E-state index in [2.05, 4.69) is 0 Å². The van der Waals surface area contributed by atoms with Crippen molar-refractivity contribution < 1.29 is 15.0 Å². The van der Waals surface area contributed by atoms with Crippen LogP contribution in [0.4, 0.5) is 0 Å². The van der Waals surface area contributed by atoms with Gasteiger partial charge in [0.15, 0.2) is 0 Å². The molecule has 0 saturated carbocycles. The molecule has 0 fully saturated rings. The second-order valence-corrected chi connectivity index (χ2v) is 4.42. The van der Waals surface area contributed by atoms with Gasteiger partial charge in [-0.2, -0.15) is 0 Å². The molecular formula is C12H10O3S. The second-order valence-electron chi connectivity index (χ2n) is 3.51. The Kier molecular flexibility index (Phi) is 2.66. The summed E-state index contributed by atoms with van der Waals surface area (Å²) in [6, 6.07) is 6.86. The zero-order valence-electron chi connectivity index (χ0n) is 8.60. The van der Waals surface area contributed by atoms with Gasteiger partial charge in [0.25, 0.3) is 0 Å². The molecule has 0 atom stereocenters. The van der Waals surface area contributed by atoms with Gasteiger partial charge in [0.2, 0.25) is 0 Å². The van der Waals surface area contributed by atoms with E-state index in [0.717, 1.165) is 16.7 Å². The predicted molar refractivity (Wildman–Crippen MR) is 63.1 cm³/mol. The van der Waals surface area contributed by atoms with Crippen LogP contribution in [0.3, 0.4) is 0 Å². The standard InChI is InChI=1S/C12H10O3S/c1-7-4-8(2-3-10(7)13)9-5-11(12(14)15)16-6-9/h2-6,13H,1H3,(H,14,15). The molecule has 82 valence electrons. The van der Waals surface area contributed by atoms with Crippen molar-refractivity contribution >= 4 is 17.3 Å². The molecule has 0 spiro atoms. The molecule has 0 radical (unpaired) electrons. The number of thiophene rings is 1. The molecule has 0 aliphatic carbocycles. The number of aromatic hydroxyl groups is 1. The fourth-order valence-corrected chi connectivity index (χ4v) is 2.19. The largest absolute Gasteiger partial charge is 0.508 e. The molecule has 0 unspecified atom stereocenters. The van der Waals surface area contributed by atoms with E-state index in [0.29, 0.717) is 4.88 Å². The molecule has 0 amide bonds. The van der Waals surface area contributed by atoms with E-state index in [-0.39, 0.29) is 5.75 Å². The number of aromatic carboxylic acids is 1. The quantitative estimate of drug-likeness (QED) is 0.839. The summed E-state index contributed by atoms with van der Waals surface area (Å²) in [5.74, 6) is -0.663. The van der Waals surface area contributed by atoms with Crippen LogP contribution in [0.5, 0.6) is 5.75 Å². The Morgan fingerprint density at radius 2 is 2.00 bits per heavy atom. The first-order valence-corrected chi connectivity index (χ1v) is 5.57. The Balaban J connectivity index is 2.42. The molecule has 3 nitrogen and oxygen atoms in total. The first-order chi connectivity index (χ1) is 7.58. The lowest BCUT2D eigenvalue weighted by atomic mass is 10.1. The van der Waals surface area contributed by atoms with Gasteiger partial charge in [0.1, 0.15) is 10.6 Å². The molecule has 1 heterocycles. The first kappa shape index (κ1) is 10.7. The van der Waals surface area contributed by atoms with E-state index in [1.54, 1.807) is 23.6 Å². The van der Waals surface area contributed by atoms with E-state index in [4.69, 9.17) is 5.11 Å². The third kappa shape index (κ3) is 1.92. The highest BCUT2D eigenvalue weighted by Gasteiger charge is 2.08. The number of hydrogen-bond donors (Lipinski definition) is 2. The van der Waals surface area contributed by atoms with E-state index >= 15 is 0 Å². The van der Waals surface area contributed by atoms with E-state index in [9.17, 15) is 9.90 Å². The number of benzene rings is 1. The zero-order chi connectivity index (χ0) is 11.7. The average Bonchev–Trinajstić information content (AvgIpc) is 2.71. The number of phenols is 1. The van der Waals surface area contributed by atoms with Crippen molar-refractivity contribution in [2.45, 2.75) is 6.92 Å². The number of aryl methyl sites for hydroxylation is 1. The van der Waals surface area contributed by atoms with Gasteiger partial charge in [-0.05, 0) is 47.2 Å². The molecule has 16 heavy (non-hydrogen) atoms. The maximum Gasteiger partial charge on any atom is 0.345 e. The monoisotopic (exact) mass is 234 g/mol. The molecule has 1 aromatic carbocycles. The third-order valence-corrected chi connectivity index (χ3v) is 3.26. The normalized spacial score (nSPS) is 10.3. The minimum atomic E-state index is -0.910. The lowest BCUT2D eigenvalue weighted by Gasteiger charge is -2.01. The van der Waals surface area contributed by atoms with Gasteiger partial charge in [-0.3, -0.25) is 0 Å². The van der Waals surface area contributed by atoms with E-state index < -0.39 is 5.97 Å². The topological polar surface area (TPSA) is 57.5 Å². The average molecular weight is 234 g/mol. The molecular weight excluding hydrogens is 224 g/mol. The Morgan fingerprint density at radius 3 is 2.56 bits per heavy atom. The van der Waals surface area contributed by atoms with Gasteiger partial charge in [-0.25, -0.2) is 4.79 Å². The van der Waals surface area contributed by atoms with Crippen LogP contribution in [-0.4, -0.2) is 16.2 Å². The molecule has 2 N–H and O–H groups in total. The van der Waals surface area contributed by atoms with Crippen molar-refractivity contribution in [1.29, 1.82) is 0 Å². The highest BCUT2D eigenvalue weighted by atomic mass is 32.1. The van der Waals surface area contributed by atoms with Crippen LogP contribution in [-0.2, 0) is 0 Å². The van der Waals surface area contributed by atoms with Gasteiger partial charge in [-0.1, -0.05) is 6.07 Å². The van der Waals surface area contributed by atoms with Crippen LogP contribution in [0.2, 0.25) is 0 Å². The SMILES string of the molecule is Cc1cc(-c2csc(C(=O)O)c2)ccc1O. The fraction of sp³-hybridized carbons (Fsp3) is 0.0833. The summed E-state index contributed by atoms with van der Waals surface area (Å²) in [5.41, 5.74) is 2.56. The second kappa shape index (κ2) is 3.98. The highest BCUT2D eigenvalue weighted by Crippen LogP contribution is 2.28. The van der Waals surface area contributed by atoms with Crippen LogP contribution in [0.15, 0.2) is 29.6 Å². The summed E-state index contributed by atoms with van der Waals surface area (Å²) in [6.07, 6.45) is 0. The van der Waals surface area contributed by atoms with Crippen molar-refractivity contribution in [3.8, 4) is 16.9 Å². The fourth-order valence-electron chi connectivity index (χ4n) is 1.43. The number of carboxylic acid groups (broad SMARTS) is 1. The Morgan fingerprint density at radius 1 is 1.25 bits per heavy atom. The molecule has 0 aliphatic rings. The summed E-state index contributed by atoms with van der Waals surface area (Å²) in [7, 11) is 0.